The summed E-state index contributed by atoms with van der Waals surface area (Å²) >= 11 is 0. The number of hydrogen-bond acceptors (Lipinski definition) is 4. The molecule has 1 aromatic rings. The minimum Gasteiger partial charge on any atom is -0.497 e. The van der Waals surface area contributed by atoms with E-state index >= 15 is 0 Å². The maximum Gasteiger partial charge on any atom is 0.321 e. The van der Waals surface area contributed by atoms with Gasteiger partial charge in [-0.3, -0.25) is 4.79 Å². The van der Waals surface area contributed by atoms with Crippen molar-refractivity contribution in [3.05, 3.63) is 24.3 Å². The molecule has 26 heavy (non-hydrogen) atoms. The minimum absolute atomic E-state index is 0.0128. The van der Waals surface area contributed by atoms with Gasteiger partial charge in [0.15, 0.2) is 0 Å². The molecule has 1 N–H and O–H groups in total. The third kappa shape index (κ3) is 4.09. The van der Waals surface area contributed by atoms with Crippen LogP contribution in [0.15, 0.2) is 24.3 Å². The summed E-state index contributed by atoms with van der Waals surface area (Å²) in [5.41, 5.74) is 0.760. The van der Waals surface area contributed by atoms with Gasteiger partial charge in [-0.05, 0) is 43.5 Å². The lowest BCUT2D eigenvalue weighted by Crippen LogP contribution is -2.48. The van der Waals surface area contributed by atoms with Gasteiger partial charge in [0, 0.05) is 44.4 Å². The van der Waals surface area contributed by atoms with Crippen LogP contribution >= 0.6 is 0 Å². The smallest absolute Gasteiger partial charge is 0.321 e. The number of carbonyl (C=O) groups excluding carboxylic acids is 2. The predicted molar refractivity (Wildman–Crippen MR) is 98.3 cm³/mol. The molecule has 0 aromatic heterocycles. The molecule has 2 heterocycles. The number of amides is 3. The second-order valence-electron chi connectivity index (χ2n) is 7.18. The van der Waals surface area contributed by atoms with E-state index in [9.17, 15) is 9.59 Å². The Morgan fingerprint density at radius 2 is 1.81 bits per heavy atom. The Balaban J connectivity index is 1.58. The van der Waals surface area contributed by atoms with E-state index in [2.05, 4.69) is 5.32 Å². The molecule has 1 atom stereocenters. The van der Waals surface area contributed by atoms with E-state index in [0.717, 1.165) is 37.2 Å². The van der Waals surface area contributed by atoms with E-state index in [1.54, 1.807) is 14.2 Å². The van der Waals surface area contributed by atoms with Crippen LogP contribution in [-0.2, 0) is 9.53 Å². The maximum absolute atomic E-state index is 12.6. The van der Waals surface area contributed by atoms with E-state index < -0.39 is 0 Å². The van der Waals surface area contributed by atoms with Crippen molar-refractivity contribution in [1.82, 2.24) is 9.80 Å². The molecule has 0 aliphatic carbocycles. The van der Waals surface area contributed by atoms with Gasteiger partial charge in [-0.2, -0.15) is 0 Å². The van der Waals surface area contributed by atoms with Crippen molar-refractivity contribution in [2.24, 2.45) is 5.41 Å². The molecule has 0 unspecified atom stereocenters. The summed E-state index contributed by atoms with van der Waals surface area (Å²) in [6.45, 7) is 3.02. The van der Waals surface area contributed by atoms with E-state index in [0.29, 0.717) is 19.6 Å². The van der Waals surface area contributed by atoms with Crippen LogP contribution in [0.2, 0.25) is 0 Å². The molecule has 7 heteroatoms. The lowest BCUT2D eigenvalue weighted by Gasteiger charge is -2.40. The van der Waals surface area contributed by atoms with Crippen LogP contribution in [0.5, 0.6) is 5.75 Å². The summed E-state index contributed by atoms with van der Waals surface area (Å²) in [4.78, 5) is 28.5. The number of benzene rings is 1. The fourth-order valence-electron chi connectivity index (χ4n) is 3.95. The fraction of sp³-hybridized carbons (Fsp3) is 0.579. The molecule has 2 saturated heterocycles. The van der Waals surface area contributed by atoms with Crippen molar-refractivity contribution in [3.63, 3.8) is 0 Å². The molecule has 1 spiro atoms. The van der Waals surface area contributed by atoms with E-state index in [-0.39, 0.29) is 24.0 Å². The summed E-state index contributed by atoms with van der Waals surface area (Å²) in [5, 5.41) is 2.94. The van der Waals surface area contributed by atoms with Crippen molar-refractivity contribution in [1.29, 1.82) is 0 Å². The molecule has 142 valence electrons. The summed E-state index contributed by atoms with van der Waals surface area (Å²) in [5.74, 6) is 0.791. The number of urea groups is 1. The van der Waals surface area contributed by atoms with Crippen LogP contribution in [0.25, 0.3) is 0 Å². The highest BCUT2D eigenvalue weighted by atomic mass is 16.5. The van der Waals surface area contributed by atoms with Gasteiger partial charge in [-0.15, -0.1) is 0 Å². The van der Waals surface area contributed by atoms with Gasteiger partial charge >= 0.3 is 6.03 Å². The predicted octanol–water partition coefficient (Wildman–Crippen LogP) is 2.19. The molecular formula is C19H27N3O4. The van der Waals surface area contributed by atoms with E-state index in [1.165, 1.54) is 0 Å². The Bertz CT molecular complexity index is 649. The van der Waals surface area contributed by atoms with E-state index in [1.807, 2.05) is 34.1 Å². The maximum atomic E-state index is 12.6. The normalized spacial score (nSPS) is 22.5. The topological polar surface area (TPSA) is 71.1 Å². The molecule has 7 nitrogen and oxygen atoms in total. The van der Waals surface area contributed by atoms with Crippen LogP contribution in [0.4, 0.5) is 10.5 Å². The van der Waals surface area contributed by atoms with Gasteiger partial charge in [0.2, 0.25) is 5.91 Å². The fourth-order valence-corrected chi connectivity index (χ4v) is 3.95. The number of likely N-dealkylation sites (tertiary alicyclic amines) is 2. The third-order valence-corrected chi connectivity index (χ3v) is 5.35. The monoisotopic (exact) mass is 361 g/mol. The zero-order valence-electron chi connectivity index (χ0n) is 15.5. The first-order valence-electron chi connectivity index (χ1n) is 9.02. The van der Waals surface area contributed by atoms with Gasteiger partial charge in [0.05, 0.1) is 7.11 Å². The first-order chi connectivity index (χ1) is 12.5. The molecule has 3 rings (SSSR count). The number of carbonyl (C=O) groups is 2. The lowest BCUT2D eigenvalue weighted by atomic mass is 9.79. The van der Waals surface area contributed by atoms with E-state index in [4.69, 9.17) is 9.47 Å². The second-order valence-corrected chi connectivity index (χ2v) is 7.18. The lowest BCUT2D eigenvalue weighted by molar-refractivity contribution is -0.138. The van der Waals surface area contributed by atoms with Crippen LogP contribution in [0.3, 0.4) is 0 Å². The summed E-state index contributed by atoms with van der Waals surface area (Å²) < 4.78 is 10.1. The first kappa shape index (κ1) is 18.5. The number of piperidine rings is 1. The Morgan fingerprint density at radius 1 is 1.08 bits per heavy atom. The average molecular weight is 361 g/mol. The third-order valence-electron chi connectivity index (χ3n) is 5.35. The summed E-state index contributed by atoms with van der Waals surface area (Å²) in [6.07, 6.45) is 2.96. The van der Waals surface area contributed by atoms with Gasteiger partial charge in [-0.1, -0.05) is 0 Å². The van der Waals surface area contributed by atoms with Crippen molar-refractivity contribution >= 4 is 17.6 Å². The number of methoxy groups -OCH3 is 2. The quantitative estimate of drug-likeness (QED) is 0.892. The zero-order valence-corrected chi connectivity index (χ0v) is 15.5. The molecule has 0 saturated carbocycles. The van der Waals surface area contributed by atoms with Crippen LogP contribution < -0.4 is 10.1 Å². The Kier molecular flexibility index (Phi) is 5.66. The van der Waals surface area contributed by atoms with Crippen LogP contribution in [0.1, 0.15) is 19.3 Å². The Hall–Kier alpha value is -2.28. The van der Waals surface area contributed by atoms with Crippen molar-refractivity contribution in [2.45, 2.75) is 19.3 Å². The standard InChI is InChI=1S/C19H27N3O4/c1-25-12-17(23)21-10-3-8-19(13-21)9-11-22(14-19)18(24)20-15-4-6-16(26-2)7-5-15/h4-7H,3,8-14H2,1-2H3,(H,20,24)/t19-/m1/s1. The molecule has 1 aromatic carbocycles. The highest BCUT2D eigenvalue weighted by molar-refractivity contribution is 5.89. The highest BCUT2D eigenvalue weighted by Crippen LogP contribution is 2.39. The Morgan fingerprint density at radius 3 is 2.50 bits per heavy atom. The number of nitrogens with one attached hydrogen (secondary N) is 1. The SMILES string of the molecule is COCC(=O)N1CCC[C@@]2(CCN(C(=O)Nc3ccc(OC)cc3)C2)C1. The summed E-state index contributed by atoms with van der Waals surface area (Å²) in [7, 11) is 3.15. The van der Waals surface area contributed by atoms with Crippen molar-refractivity contribution in [3.8, 4) is 5.75 Å². The van der Waals surface area contributed by atoms with Crippen LogP contribution in [0, 0.1) is 5.41 Å². The number of rotatable bonds is 4. The molecule has 2 aliphatic heterocycles. The van der Waals surface area contributed by atoms with Crippen LogP contribution in [-0.4, -0.2) is 68.7 Å². The first-order valence-corrected chi connectivity index (χ1v) is 9.02. The number of hydrogen-bond donors (Lipinski definition) is 1. The number of ether oxygens (including phenoxy) is 2. The largest absolute Gasteiger partial charge is 0.497 e. The number of anilines is 1. The summed E-state index contributed by atoms with van der Waals surface area (Å²) in [6, 6.07) is 7.21. The molecule has 0 radical (unpaired) electrons. The number of nitrogens with zero attached hydrogens (tertiary/aromatic N) is 2. The van der Waals surface area contributed by atoms with Crippen molar-refractivity contribution < 1.29 is 19.1 Å². The molecule has 3 amide bonds. The zero-order chi connectivity index (χ0) is 18.6. The molecule has 2 fully saturated rings. The van der Waals surface area contributed by atoms with Gasteiger partial charge < -0.3 is 24.6 Å². The van der Waals surface area contributed by atoms with Crippen molar-refractivity contribution in [2.75, 3.05) is 52.3 Å². The average Bonchev–Trinajstić information content (AvgIpc) is 3.06. The Labute approximate surface area is 154 Å². The van der Waals surface area contributed by atoms with Gasteiger partial charge in [0.25, 0.3) is 0 Å². The van der Waals surface area contributed by atoms with Gasteiger partial charge in [-0.25, -0.2) is 4.79 Å². The highest BCUT2D eigenvalue weighted by Gasteiger charge is 2.43. The molecule has 2 aliphatic rings. The van der Waals surface area contributed by atoms with Gasteiger partial charge in [0.1, 0.15) is 12.4 Å². The molecular weight excluding hydrogens is 334 g/mol. The molecule has 0 bridgehead atoms. The minimum atomic E-state index is -0.0904. The second kappa shape index (κ2) is 7.95.